The molecule has 0 radical (unpaired) electrons. The minimum Gasteiger partial charge on any atom is -0.495 e. The van der Waals surface area contributed by atoms with Crippen LogP contribution in [-0.2, 0) is 47.3 Å². The van der Waals surface area contributed by atoms with Crippen LogP contribution in [0.1, 0.15) is 30.4 Å². The van der Waals surface area contributed by atoms with Crippen molar-refractivity contribution in [2.45, 2.75) is 44.6 Å². The van der Waals surface area contributed by atoms with Gasteiger partial charge in [0.25, 0.3) is 0 Å². The summed E-state index contributed by atoms with van der Waals surface area (Å²) in [6.07, 6.45) is 0.772. The fourth-order valence-corrected chi connectivity index (χ4v) is 6.56. The van der Waals surface area contributed by atoms with Gasteiger partial charge in [0.1, 0.15) is 17.9 Å². The van der Waals surface area contributed by atoms with Crippen molar-refractivity contribution in [3.8, 4) is 5.75 Å². The number of esters is 1. The predicted octanol–water partition coefficient (Wildman–Crippen LogP) is 5.16. The van der Waals surface area contributed by atoms with E-state index >= 15 is 0 Å². The van der Waals surface area contributed by atoms with E-state index in [1.165, 1.54) is 32.4 Å². The first-order valence-electron chi connectivity index (χ1n) is 14.0. The van der Waals surface area contributed by atoms with Gasteiger partial charge in [-0.2, -0.15) is 12.7 Å². The Balaban J connectivity index is 1.48. The van der Waals surface area contributed by atoms with Gasteiger partial charge in [-0.25, -0.2) is 0 Å². The number of carbonyl (C=O) groups excluding carboxylic acids is 1. The number of anilines is 1. The number of hydrogen-bond donors (Lipinski definition) is 0. The lowest BCUT2D eigenvalue weighted by Crippen LogP contribution is -2.54. The zero-order chi connectivity index (χ0) is 30.7. The predicted molar refractivity (Wildman–Crippen MR) is 163 cm³/mol. The van der Waals surface area contributed by atoms with Crippen LogP contribution in [0.3, 0.4) is 0 Å². The summed E-state index contributed by atoms with van der Waals surface area (Å²) in [4.78, 5) is 18.9. The average Bonchev–Trinajstić information content (AvgIpc) is 3.03. The van der Waals surface area contributed by atoms with E-state index in [1.807, 2.05) is 60.7 Å². The number of benzene rings is 3. The number of nitrogens with zero attached hydrogens (tertiary/aromatic N) is 2. The Morgan fingerprint density at radius 2 is 1.53 bits per heavy atom. The van der Waals surface area contributed by atoms with Gasteiger partial charge in [-0.3, -0.25) is 9.63 Å². The van der Waals surface area contributed by atoms with Crippen LogP contribution in [-0.4, -0.2) is 64.8 Å². The van der Waals surface area contributed by atoms with Crippen molar-refractivity contribution < 1.29 is 37.0 Å². The fraction of sp³-hybridized carbons (Fsp3) is 0.387. The molecule has 10 nitrogen and oxygen atoms in total. The Kier molecular flexibility index (Phi) is 12.2. The Labute approximate surface area is 258 Å². The molecule has 0 aliphatic carbocycles. The van der Waals surface area contributed by atoms with E-state index in [4.69, 9.17) is 35.4 Å². The maximum atomic E-state index is 13.9. The second-order valence-electron chi connectivity index (χ2n) is 9.92. The molecule has 43 heavy (non-hydrogen) atoms. The van der Waals surface area contributed by atoms with E-state index < -0.39 is 28.3 Å². The van der Waals surface area contributed by atoms with Crippen LogP contribution in [0.15, 0.2) is 78.9 Å². The average molecular weight is 633 g/mol. The first-order valence-corrected chi connectivity index (χ1v) is 15.7. The van der Waals surface area contributed by atoms with Crippen LogP contribution < -0.4 is 9.21 Å². The lowest BCUT2D eigenvalue weighted by molar-refractivity contribution is -0.162. The van der Waals surface area contributed by atoms with E-state index in [2.05, 4.69) is 0 Å². The molecule has 232 valence electrons. The van der Waals surface area contributed by atoms with Crippen LogP contribution >= 0.6 is 11.6 Å². The van der Waals surface area contributed by atoms with Crippen molar-refractivity contribution in [3.05, 3.63) is 95.0 Å². The molecular formula is C31H37ClN2O8S. The molecule has 1 aliphatic rings. The molecule has 3 aromatic carbocycles. The second-order valence-corrected chi connectivity index (χ2v) is 12.0. The summed E-state index contributed by atoms with van der Waals surface area (Å²) < 4.78 is 52.4. The van der Waals surface area contributed by atoms with Crippen LogP contribution in [0.5, 0.6) is 5.75 Å². The minimum absolute atomic E-state index is 0.0731. The summed E-state index contributed by atoms with van der Waals surface area (Å²) in [5, 5.41) is 0.314. The number of carbonyl (C=O) groups is 1. The smallest absolute Gasteiger partial charge is 0.327 e. The highest BCUT2D eigenvalue weighted by Crippen LogP contribution is 2.33. The highest BCUT2D eigenvalue weighted by molar-refractivity contribution is 7.90. The topological polar surface area (TPSA) is 104 Å². The van der Waals surface area contributed by atoms with Crippen LogP contribution in [0.2, 0.25) is 5.02 Å². The van der Waals surface area contributed by atoms with E-state index in [-0.39, 0.29) is 31.2 Å². The Morgan fingerprint density at radius 1 is 0.930 bits per heavy atom. The number of piperidine rings is 1. The van der Waals surface area contributed by atoms with Gasteiger partial charge < -0.3 is 18.9 Å². The largest absolute Gasteiger partial charge is 0.495 e. The van der Waals surface area contributed by atoms with Crippen molar-refractivity contribution in [2.75, 3.05) is 38.4 Å². The van der Waals surface area contributed by atoms with Crippen LogP contribution in [0.4, 0.5) is 5.69 Å². The molecule has 1 fully saturated rings. The molecule has 0 spiro atoms. The highest BCUT2D eigenvalue weighted by atomic mass is 35.5. The van der Waals surface area contributed by atoms with Gasteiger partial charge in [-0.05, 0) is 42.5 Å². The Morgan fingerprint density at radius 3 is 2.09 bits per heavy atom. The molecule has 1 heterocycles. The third-order valence-corrected chi connectivity index (χ3v) is 8.98. The van der Waals surface area contributed by atoms with Crippen molar-refractivity contribution in [3.63, 3.8) is 0 Å². The fourth-order valence-electron chi connectivity index (χ4n) is 4.73. The van der Waals surface area contributed by atoms with Gasteiger partial charge in [0.2, 0.25) is 0 Å². The van der Waals surface area contributed by atoms with E-state index in [9.17, 15) is 13.2 Å². The number of hydrogen-bond acceptors (Lipinski definition) is 8. The number of halogens is 1. The zero-order valence-corrected chi connectivity index (χ0v) is 25.8. The molecular weight excluding hydrogens is 596 g/mol. The number of ether oxygens (including phenoxy) is 4. The number of rotatable bonds is 15. The maximum Gasteiger partial charge on any atom is 0.327 e. The molecule has 1 atom stereocenters. The molecule has 1 unspecified atom stereocenters. The summed E-state index contributed by atoms with van der Waals surface area (Å²) in [5.74, 6) is -0.399. The number of methoxy groups -OCH3 is 1. The SMILES string of the molecule is COc1cc(N(OC)S(=O)(=O)N2CCCCC2C(=O)OC(COCc2ccccc2)COCc2ccccc2)ccc1Cl. The molecule has 12 heteroatoms. The molecule has 0 saturated carbocycles. The molecule has 0 amide bonds. The molecule has 1 aliphatic heterocycles. The molecule has 0 aromatic heterocycles. The first kappa shape index (κ1) is 32.7. The quantitative estimate of drug-likeness (QED) is 0.167. The van der Waals surface area contributed by atoms with E-state index in [0.717, 1.165) is 19.9 Å². The van der Waals surface area contributed by atoms with Gasteiger partial charge in [-0.1, -0.05) is 72.3 Å². The molecule has 3 aromatic rings. The van der Waals surface area contributed by atoms with Crippen molar-refractivity contribution in [1.82, 2.24) is 4.31 Å². The standard InChI is InChI=1S/C31H37ClN2O8S/c1-38-30-19-26(16-17-28(30)32)34(39-2)43(36,37)33-18-10-9-15-29(33)31(35)42-27(22-40-20-24-11-5-3-6-12-24)23-41-21-25-13-7-4-8-14-25/h3-8,11-14,16-17,19,27,29H,9-10,15,18,20-23H2,1-2H3. The molecule has 4 rings (SSSR count). The summed E-state index contributed by atoms with van der Waals surface area (Å²) in [7, 11) is -1.65. The van der Waals surface area contributed by atoms with Gasteiger partial charge in [0.05, 0.1) is 51.4 Å². The van der Waals surface area contributed by atoms with Gasteiger partial charge in [-0.15, -0.1) is 4.47 Å². The lowest BCUT2D eigenvalue weighted by Gasteiger charge is -2.36. The third-order valence-electron chi connectivity index (χ3n) is 6.86. The van der Waals surface area contributed by atoms with Crippen molar-refractivity contribution in [2.24, 2.45) is 0 Å². The summed E-state index contributed by atoms with van der Waals surface area (Å²) in [6.45, 7) is 0.912. The van der Waals surface area contributed by atoms with Gasteiger partial charge in [0, 0.05) is 12.6 Å². The Bertz CT molecular complexity index is 1370. The molecule has 1 saturated heterocycles. The van der Waals surface area contributed by atoms with Gasteiger partial charge in [0.15, 0.2) is 0 Å². The second kappa shape index (κ2) is 16.0. The van der Waals surface area contributed by atoms with Crippen LogP contribution in [0.25, 0.3) is 0 Å². The highest BCUT2D eigenvalue weighted by Gasteiger charge is 2.42. The lowest BCUT2D eigenvalue weighted by atomic mass is 10.1. The maximum absolute atomic E-state index is 13.9. The first-order chi connectivity index (χ1) is 20.8. The Hall–Kier alpha value is -3.19. The van der Waals surface area contributed by atoms with Gasteiger partial charge >= 0.3 is 16.2 Å². The van der Waals surface area contributed by atoms with E-state index in [1.54, 1.807) is 0 Å². The summed E-state index contributed by atoms with van der Waals surface area (Å²) in [6, 6.07) is 22.7. The monoisotopic (exact) mass is 632 g/mol. The zero-order valence-electron chi connectivity index (χ0n) is 24.3. The van der Waals surface area contributed by atoms with Crippen LogP contribution in [0, 0.1) is 0 Å². The normalized spacial score (nSPS) is 15.8. The molecule has 0 N–H and O–H groups in total. The third kappa shape index (κ3) is 8.91. The van der Waals surface area contributed by atoms with E-state index in [0.29, 0.717) is 37.5 Å². The van der Waals surface area contributed by atoms with Crippen molar-refractivity contribution >= 4 is 33.5 Å². The minimum atomic E-state index is -4.32. The summed E-state index contributed by atoms with van der Waals surface area (Å²) in [5.41, 5.74) is 2.12. The van der Waals surface area contributed by atoms with Crippen molar-refractivity contribution in [1.29, 1.82) is 0 Å². The molecule has 0 bridgehead atoms. The summed E-state index contributed by atoms with van der Waals surface area (Å²) >= 11 is 6.14.